The number of hydrogen-bond acceptors (Lipinski definition) is 8. The first kappa shape index (κ1) is 18.4. The van der Waals surface area contributed by atoms with E-state index in [4.69, 9.17) is 20.0 Å². The van der Waals surface area contributed by atoms with Gasteiger partial charge < -0.3 is 25.2 Å². The summed E-state index contributed by atoms with van der Waals surface area (Å²) in [7, 11) is 2.15. The van der Waals surface area contributed by atoms with Crippen molar-refractivity contribution in [1.29, 1.82) is 5.26 Å². The van der Waals surface area contributed by atoms with Gasteiger partial charge in [0.15, 0.2) is 0 Å². The molecule has 2 atom stereocenters. The molecule has 27 heavy (non-hydrogen) atoms. The molecule has 4 rings (SSSR count). The molecule has 0 amide bonds. The van der Waals surface area contributed by atoms with Gasteiger partial charge in [-0.25, -0.2) is 0 Å². The first-order valence-corrected chi connectivity index (χ1v) is 10.0. The Morgan fingerprint density at radius 1 is 1.30 bits per heavy atom. The Kier molecular flexibility index (Phi) is 5.72. The Labute approximate surface area is 160 Å². The maximum absolute atomic E-state index is 9.04. The standard InChI is InChI=1S/C19H29N7O/c1-25-9-2-3-15(25)13-27-19-23-17-11-21-7-5-16(17)18(24-19)26-10-8-22-14(12-26)4-6-20/h14-15,21-22H,2-5,7-13H2,1H3/t14-,15-/m0/s1. The zero-order valence-electron chi connectivity index (χ0n) is 16.1. The number of likely N-dealkylation sites (tertiary alicyclic amines) is 1. The molecule has 8 heteroatoms. The van der Waals surface area contributed by atoms with Crippen LogP contribution in [0.1, 0.15) is 30.5 Å². The van der Waals surface area contributed by atoms with Crippen molar-refractivity contribution in [3.8, 4) is 12.1 Å². The molecule has 1 aromatic heterocycles. The second kappa shape index (κ2) is 8.38. The molecule has 2 fully saturated rings. The molecule has 3 aliphatic heterocycles. The third-order valence-corrected chi connectivity index (χ3v) is 5.86. The third kappa shape index (κ3) is 4.15. The smallest absolute Gasteiger partial charge is 0.318 e. The number of nitrogens with zero attached hydrogens (tertiary/aromatic N) is 5. The normalized spacial score (nSPS) is 25.9. The van der Waals surface area contributed by atoms with Crippen molar-refractivity contribution < 1.29 is 4.74 Å². The van der Waals surface area contributed by atoms with E-state index in [0.717, 1.165) is 57.2 Å². The Balaban J connectivity index is 1.55. The van der Waals surface area contributed by atoms with Gasteiger partial charge in [0.05, 0.1) is 18.2 Å². The van der Waals surface area contributed by atoms with Gasteiger partial charge in [0.1, 0.15) is 12.4 Å². The van der Waals surface area contributed by atoms with Gasteiger partial charge in [-0.05, 0) is 39.4 Å². The number of nitriles is 1. The topological polar surface area (TPSA) is 89.3 Å². The van der Waals surface area contributed by atoms with E-state index < -0.39 is 0 Å². The average molecular weight is 371 g/mol. The summed E-state index contributed by atoms with van der Waals surface area (Å²) in [5, 5.41) is 15.9. The lowest BCUT2D eigenvalue weighted by molar-refractivity contribution is 0.187. The van der Waals surface area contributed by atoms with Crippen molar-refractivity contribution in [2.75, 3.05) is 51.3 Å². The number of rotatable bonds is 5. The lowest BCUT2D eigenvalue weighted by Crippen LogP contribution is -2.51. The maximum Gasteiger partial charge on any atom is 0.318 e. The molecule has 0 aliphatic carbocycles. The SMILES string of the molecule is CN1CCC[C@H]1COc1nc2c(c(N3CCN[C@@H](CC#N)C3)n1)CCNC2. The largest absolute Gasteiger partial charge is 0.462 e. The van der Waals surface area contributed by atoms with E-state index >= 15 is 0 Å². The van der Waals surface area contributed by atoms with Crippen molar-refractivity contribution >= 4 is 5.82 Å². The van der Waals surface area contributed by atoms with Crippen LogP contribution < -0.4 is 20.3 Å². The van der Waals surface area contributed by atoms with E-state index in [-0.39, 0.29) is 6.04 Å². The molecule has 4 heterocycles. The van der Waals surface area contributed by atoms with Crippen LogP contribution in [-0.4, -0.2) is 73.3 Å². The Hall–Kier alpha value is -1.95. The summed E-state index contributed by atoms with van der Waals surface area (Å²) >= 11 is 0. The molecule has 2 saturated heterocycles. The molecular formula is C19H29N7O. The molecule has 0 unspecified atom stereocenters. The zero-order valence-corrected chi connectivity index (χ0v) is 16.1. The molecule has 146 valence electrons. The predicted molar refractivity (Wildman–Crippen MR) is 103 cm³/mol. The quantitative estimate of drug-likeness (QED) is 0.763. The van der Waals surface area contributed by atoms with E-state index in [2.05, 4.69) is 33.6 Å². The fourth-order valence-corrected chi connectivity index (χ4v) is 4.27. The van der Waals surface area contributed by atoms with Crippen LogP contribution in [0.4, 0.5) is 5.82 Å². The minimum Gasteiger partial charge on any atom is -0.462 e. The van der Waals surface area contributed by atoms with E-state index in [1.807, 2.05) is 0 Å². The molecule has 1 aromatic rings. The van der Waals surface area contributed by atoms with Gasteiger partial charge in [0.25, 0.3) is 0 Å². The monoisotopic (exact) mass is 371 g/mol. The Morgan fingerprint density at radius 2 is 2.22 bits per heavy atom. The molecular weight excluding hydrogens is 342 g/mol. The first-order chi connectivity index (χ1) is 13.2. The second-order valence-electron chi connectivity index (χ2n) is 7.73. The van der Waals surface area contributed by atoms with Crippen LogP contribution in [0.15, 0.2) is 0 Å². The second-order valence-corrected chi connectivity index (χ2v) is 7.73. The lowest BCUT2D eigenvalue weighted by Gasteiger charge is -2.35. The van der Waals surface area contributed by atoms with Crippen molar-refractivity contribution in [3.05, 3.63) is 11.3 Å². The van der Waals surface area contributed by atoms with Crippen molar-refractivity contribution in [2.45, 2.75) is 44.3 Å². The van der Waals surface area contributed by atoms with Gasteiger partial charge in [-0.3, -0.25) is 0 Å². The summed E-state index contributed by atoms with van der Waals surface area (Å²) in [6, 6.07) is 3.40. The Bertz CT molecular complexity index is 704. The molecule has 0 aromatic carbocycles. The molecule has 3 aliphatic rings. The number of nitrogens with one attached hydrogen (secondary N) is 2. The van der Waals surface area contributed by atoms with Crippen LogP contribution in [-0.2, 0) is 13.0 Å². The number of anilines is 1. The van der Waals surface area contributed by atoms with E-state index in [1.165, 1.54) is 18.4 Å². The maximum atomic E-state index is 9.04. The van der Waals surface area contributed by atoms with Gasteiger partial charge in [0, 0.05) is 43.8 Å². The van der Waals surface area contributed by atoms with E-state index in [1.54, 1.807) is 0 Å². The van der Waals surface area contributed by atoms with Crippen molar-refractivity contribution in [1.82, 2.24) is 25.5 Å². The molecule has 2 N–H and O–H groups in total. The number of hydrogen-bond donors (Lipinski definition) is 2. The summed E-state index contributed by atoms with van der Waals surface area (Å²) in [6.07, 6.45) is 3.85. The molecule has 0 radical (unpaired) electrons. The summed E-state index contributed by atoms with van der Waals surface area (Å²) in [5.74, 6) is 1.00. The zero-order chi connectivity index (χ0) is 18.6. The molecule has 0 bridgehead atoms. The van der Waals surface area contributed by atoms with Gasteiger partial charge in [-0.1, -0.05) is 0 Å². The highest BCUT2D eigenvalue weighted by atomic mass is 16.5. The number of fused-ring (bicyclic) bond motifs is 1. The molecule has 8 nitrogen and oxygen atoms in total. The fraction of sp³-hybridized carbons (Fsp3) is 0.737. The van der Waals surface area contributed by atoms with E-state index in [9.17, 15) is 0 Å². The van der Waals surface area contributed by atoms with Crippen LogP contribution in [0.3, 0.4) is 0 Å². The van der Waals surface area contributed by atoms with Crippen LogP contribution >= 0.6 is 0 Å². The summed E-state index contributed by atoms with van der Waals surface area (Å²) < 4.78 is 6.05. The number of aromatic nitrogens is 2. The molecule has 0 saturated carbocycles. The van der Waals surface area contributed by atoms with Crippen molar-refractivity contribution in [3.63, 3.8) is 0 Å². The van der Waals surface area contributed by atoms with Gasteiger partial charge in [-0.2, -0.15) is 15.2 Å². The minimum absolute atomic E-state index is 0.188. The van der Waals surface area contributed by atoms with Crippen molar-refractivity contribution in [2.24, 2.45) is 0 Å². The number of ether oxygens (including phenoxy) is 1. The van der Waals surface area contributed by atoms with Crippen LogP contribution in [0.25, 0.3) is 0 Å². The number of piperazine rings is 1. The summed E-state index contributed by atoms with van der Waals surface area (Å²) in [4.78, 5) is 14.2. The molecule has 0 spiro atoms. The van der Waals surface area contributed by atoms with Gasteiger partial charge >= 0.3 is 6.01 Å². The first-order valence-electron chi connectivity index (χ1n) is 10.0. The predicted octanol–water partition coefficient (Wildman–Crippen LogP) is 0.287. The highest BCUT2D eigenvalue weighted by molar-refractivity contribution is 5.51. The van der Waals surface area contributed by atoms with Gasteiger partial charge in [0.2, 0.25) is 0 Å². The fourth-order valence-electron chi connectivity index (χ4n) is 4.27. The summed E-state index contributed by atoms with van der Waals surface area (Å²) in [5.41, 5.74) is 2.29. The minimum atomic E-state index is 0.188. The van der Waals surface area contributed by atoms with Crippen LogP contribution in [0, 0.1) is 11.3 Å². The van der Waals surface area contributed by atoms with E-state index in [0.29, 0.717) is 25.1 Å². The Morgan fingerprint density at radius 3 is 3.04 bits per heavy atom. The number of likely N-dealkylation sites (N-methyl/N-ethyl adjacent to an activating group) is 1. The van der Waals surface area contributed by atoms with Crippen LogP contribution in [0.5, 0.6) is 6.01 Å². The lowest BCUT2D eigenvalue weighted by atomic mass is 10.1. The van der Waals surface area contributed by atoms with Gasteiger partial charge in [-0.15, -0.1) is 0 Å². The highest BCUT2D eigenvalue weighted by Gasteiger charge is 2.27. The van der Waals surface area contributed by atoms with Crippen LogP contribution in [0.2, 0.25) is 0 Å². The third-order valence-electron chi connectivity index (χ3n) is 5.86. The highest BCUT2D eigenvalue weighted by Crippen LogP contribution is 2.27. The summed E-state index contributed by atoms with van der Waals surface area (Å²) in [6.45, 7) is 6.05. The average Bonchev–Trinajstić information content (AvgIpc) is 3.11.